The Bertz CT molecular complexity index is 819. The minimum absolute atomic E-state index is 0.00780. The van der Waals surface area contributed by atoms with E-state index in [1.165, 1.54) is 18.2 Å². The first-order valence-corrected chi connectivity index (χ1v) is 8.99. The molecule has 1 heterocycles. The van der Waals surface area contributed by atoms with Gasteiger partial charge in [0.15, 0.2) is 0 Å². The molecular formula is C18H21ClN2O7. The number of imide groups is 1. The standard InChI is InChI=1S/C18H21ClN2O7/c1-5-27-16(23)12(9-20(25)26)14-11-8-10(19)6-7-13(11)21(15(14)22)17(24)28-18(2,3)4/h6-8,12,14H,5,9H2,1-4H3/t12-,14-/m0/s1. The number of carbonyl (C=O) groups is 3. The molecule has 1 aliphatic heterocycles. The normalized spacial score (nSPS) is 17.1. The average molecular weight is 413 g/mol. The summed E-state index contributed by atoms with van der Waals surface area (Å²) < 4.78 is 10.2. The van der Waals surface area contributed by atoms with Crippen molar-refractivity contribution in [1.82, 2.24) is 0 Å². The van der Waals surface area contributed by atoms with Crippen LogP contribution in [0.25, 0.3) is 0 Å². The van der Waals surface area contributed by atoms with Crippen molar-refractivity contribution < 1.29 is 28.8 Å². The number of esters is 1. The fraction of sp³-hybridized carbons (Fsp3) is 0.500. The fourth-order valence-electron chi connectivity index (χ4n) is 2.98. The highest BCUT2D eigenvalue weighted by molar-refractivity contribution is 6.31. The number of fused-ring (bicyclic) bond motifs is 1. The van der Waals surface area contributed by atoms with Crippen LogP contribution in [0, 0.1) is 16.0 Å². The first kappa shape index (κ1) is 21.6. The molecule has 0 radical (unpaired) electrons. The predicted octanol–water partition coefficient (Wildman–Crippen LogP) is 3.16. The van der Waals surface area contributed by atoms with Crippen LogP contribution in [0.15, 0.2) is 18.2 Å². The van der Waals surface area contributed by atoms with E-state index in [0.717, 1.165) is 4.90 Å². The maximum Gasteiger partial charge on any atom is 0.421 e. The van der Waals surface area contributed by atoms with E-state index in [1.54, 1.807) is 27.7 Å². The third kappa shape index (κ3) is 4.59. The van der Waals surface area contributed by atoms with E-state index in [-0.39, 0.29) is 22.9 Å². The lowest BCUT2D eigenvalue weighted by atomic mass is 9.87. The number of anilines is 1. The number of nitrogens with zero attached hydrogens (tertiary/aromatic N) is 2. The van der Waals surface area contributed by atoms with E-state index in [1.807, 2.05) is 0 Å². The molecule has 0 spiro atoms. The first-order valence-electron chi connectivity index (χ1n) is 8.61. The molecule has 9 nitrogen and oxygen atoms in total. The summed E-state index contributed by atoms with van der Waals surface area (Å²) in [6.07, 6.45) is -0.938. The second kappa shape index (κ2) is 8.14. The van der Waals surface area contributed by atoms with E-state index < -0.39 is 46.9 Å². The zero-order valence-electron chi connectivity index (χ0n) is 15.9. The van der Waals surface area contributed by atoms with E-state index in [9.17, 15) is 24.5 Å². The van der Waals surface area contributed by atoms with Crippen molar-refractivity contribution in [2.45, 2.75) is 39.2 Å². The number of amides is 2. The third-order valence-electron chi connectivity index (χ3n) is 3.97. The summed E-state index contributed by atoms with van der Waals surface area (Å²) in [5.41, 5.74) is -0.460. The Morgan fingerprint density at radius 2 is 2.00 bits per heavy atom. The topological polar surface area (TPSA) is 116 Å². The van der Waals surface area contributed by atoms with Gasteiger partial charge in [0.25, 0.3) is 0 Å². The molecule has 0 N–H and O–H groups in total. The zero-order valence-corrected chi connectivity index (χ0v) is 16.7. The SMILES string of the molecule is CCOC(=O)[C@@H](C[N+](=O)[O-])[C@H]1C(=O)N(C(=O)OC(C)(C)C)c2ccc(Cl)cc21. The molecule has 2 atom stereocenters. The molecule has 0 saturated carbocycles. The van der Waals surface area contributed by atoms with Crippen molar-refractivity contribution in [2.75, 3.05) is 18.1 Å². The van der Waals surface area contributed by atoms with Gasteiger partial charge >= 0.3 is 12.1 Å². The number of halogens is 1. The van der Waals surface area contributed by atoms with Gasteiger partial charge in [-0.15, -0.1) is 0 Å². The Balaban J connectivity index is 2.54. The van der Waals surface area contributed by atoms with E-state index in [2.05, 4.69) is 0 Å². The van der Waals surface area contributed by atoms with Crippen molar-refractivity contribution in [3.63, 3.8) is 0 Å². The van der Waals surface area contributed by atoms with Crippen LogP contribution in [0.2, 0.25) is 5.02 Å². The number of hydrogen-bond acceptors (Lipinski definition) is 7. The maximum absolute atomic E-state index is 13.1. The van der Waals surface area contributed by atoms with Gasteiger partial charge < -0.3 is 9.47 Å². The molecule has 152 valence electrons. The average Bonchev–Trinajstić information content (AvgIpc) is 2.82. The summed E-state index contributed by atoms with van der Waals surface area (Å²) in [5.74, 6) is -4.39. The number of benzene rings is 1. The van der Waals surface area contributed by atoms with Gasteiger partial charge in [0.2, 0.25) is 12.5 Å². The van der Waals surface area contributed by atoms with Crippen LogP contribution in [0.4, 0.5) is 10.5 Å². The van der Waals surface area contributed by atoms with Gasteiger partial charge in [0.05, 0.1) is 18.2 Å². The second-order valence-corrected chi connectivity index (χ2v) is 7.65. The largest absolute Gasteiger partial charge is 0.466 e. The van der Waals surface area contributed by atoms with Crippen LogP contribution in [-0.2, 0) is 19.1 Å². The second-order valence-electron chi connectivity index (χ2n) is 7.21. The molecule has 0 unspecified atom stereocenters. The third-order valence-corrected chi connectivity index (χ3v) is 4.20. The van der Waals surface area contributed by atoms with E-state index >= 15 is 0 Å². The lowest BCUT2D eigenvalue weighted by Crippen LogP contribution is -2.42. The van der Waals surface area contributed by atoms with Gasteiger partial charge in [-0.1, -0.05) is 11.6 Å². The van der Waals surface area contributed by atoms with Crippen LogP contribution in [-0.4, -0.2) is 41.6 Å². The molecule has 0 aromatic heterocycles. The molecule has 2 amide bonds. The molecule has 0 fully saturated rings. The predicted molar refractivity (Wildman–Crippen MR) is 99.9 cm³/mol. The number of rotatable bonds is 5. The molecule has 2 rings (SSSR count). The smallest absolute Gasteiger partial charge is 0.421 e. The Kier molecular flexibility index (Phi) is 6.28. The van der Waals surface area contributed by atoms with Crippen LogP contribution < -0.4 is 4.90 Å². The Morgan fingerprint density at radius 3 is 2.54 bits per heavy atom. The van der Waals surface area contributed by atoms with Crippen LogP contribution in [0.5, 0.6) is 0 Å². The van der Waals surface area contributed by atoms with Gasteiger partial charge in [-0.25, -0.2) is 9.69 Å². The fourth-order valence-corrected chi connectivity index (χ4v) is 3.16. The molecule has 10 heteroatoms. The van der Waals surface area contributed by atoms with Crippen molar-refractivity contribution in [2.24, 2.45) is 5.92 Å². The highest BCUT2D eigenvalue weighted by Gasteiger charge is 2.50. The van der Waals surface area contributed by atoms with Crippen molar-refractivity contribution in [3.05, 3.63) is 38.9 Å². The van der Waals surface area contributed by atoms with Gasteiger partial charge in [0, 0.05) is 9.95 Å². The quantitative estimate of drug-likeness (QED) is 0.414. The molecule has 0 bridgehead atoms. The van der Waals surface area contributed by atoms with Gasteiger partial charge in [-0.3, -0.25) is 19.7 Å². The van der Waals surface area contributed by atoms with Crippen LogP contribution in [0.3, 0.4) is 0 Å². The van der Waals surface area contributed by atoms with Crippen LogP contribution in [0.1, 0.15) is 39.2 Å². The van der Waals surface area contributed by atoms with Crippen molar-refractivity contribution in [1.29, 1.82) is 0 Å². The number of nitro groups is 1. The summed E-state index contributed by atoms with van der Waals surface area (Å²) in [7, 11) is 0. The molecular weight excluding hydrogens is 392 g/mol. The molecule has 0 saturated heterocycles. The molecule has 1 aromatic rings. The van der Waals surface area contributed by atoms with Crippen molar-refractivity contribution >= 4 is 35.3 Å². The van der Waals surface area contributed by atoms with Gasteiger partial charge in [-0.05, 0) is 51.5 Å². The first-order chi connectivity index (χ1) is 13.0. The lowest BCUT2D eigenvalue weighted by molar-refractivity contribution is -0.486. The highest BCUT2D eigenvalue weighted by Crippen LogP contribution is 2.43. The minimum Gasteiger partial charge on any atom is -0.466 e. The summed E-state index contributed by atoms with van der Waals surface area (Å²) in [5, 5.41) is 11.4. The van der Waals surface area contributed by atoms with E-state index in [0.29, 0.717) is 0 Å². The summed E-state index contributed by atoms with van der Waals surface area (Å²) in [6, 6.07) is 4.32. The number of hydrogen-bond donors (Lipinski definition) is 0. The minimum atomic E-state index is -1.41. The van der Waals surface area contributed by atoms with Crippen molar-refractivity contribution in [3.8, 4) is 0 Å². The van der Waals surface area contributed by atoms with Crippen LogP contribution >= 0.6 is 11.6 Å². The monoisotopic (exact) mass is 412 g/mol. The lowest BCUT2D eigenvalue weighted by Gasteiger charge is -2.24. The molecule has 0 aliphatic carbocycles. The maximum atomic E-state index is 13.1. The summed E-state index contributed by atoms with van der Waals surface area (Å²) in [4.78, 5) is 49.3. The van der Waals surface area contributed by atoms with Gasteiger partial charge in [-0.2, -0.15) is 0 Å². The van der Waals surface area contributed by atoms with Gasteiger partial charge in [0.1, 0.15) is 11.5 Å². The Labute approximate surface area is 166 Å². The van der Waals surface area contributed by atoms with E-state index in [4.69, 9.17) is 21.1 Å². The summed E-state index contributed by atoms with van der Waals surface area (Å²) >= 11 is 6.03. The zero-order chi connectivity index (χ0) is 21.2. The number of carbonyl (C=O) groups excluding carboxylic acids is 3. The Hall–Kier alpha value is -2.68. The Morgan fingerprint density at radius 1 is 1.36 bits per heavy atom. The summed E-state index contributed by atoms with van der Waals surface area (Å²) in [6.45, 7) is 5.63. The number of ether oxygens (including phenoxy) is 2. The highest BCUT2D eigenvalue weighted by atomic mass is 35.5. The molecule has 1 aliphatic rings. The molecule has 28 heavy (non-hydrogen) atoms. The molecule has 1 aromatic carbocycles.